The first-order chi connectivity index (χ1) is 12.8. The summed E-state index contributed by atoms with van der Waals surface area (Å²) in [4.78, 5) is 24.2. The molecule has 0 atom stereocenters. The largest absolute Gasteiger partial charge is 0.497 e. The van der Waals surface area contributed by atoms with E-state index in [9.17, 15) is 18.0 Å². The van der Waals surface area contributed by atoms with Gasteiger partial charge < -0.3 is 10.1 Å². The van der Waals surface area contributed by atoms with Crippen LogP contribution in [-0.4, -0.2) is 33.1 Å². The van der Waals surface area contributed by atoms with Crippen LogP contribution in [0.25, 0.3) is 0 Å². The molecule has 2 aromatic rings. The zero-order valence-electron chi connectivity index (χ0n) is 14.4. The highest BCUT2D eigenvalue weighted by Crippen LogP contribution is 2.29. The van der Waals surface area contributed by atoms with Gasteiger partial charge in [-0.25, -0.2) is 12.7 Å². The van der Waals surface area contributed by atoms with Crippen LogP contribution in [0.2, 0.25) is 5.02 Å². The van der Waals surface area contributed by atoms with Gasteiger partial charge in [0.05, 0.1) is 29.1 Å². The Balaban J connectivity index is 1.73. The summed E-state index contributed by atoms with van der Waals surface area (Å²) < 4.78 is 29.8. The van der Waals surface area contributed by atoms with Crippen molar-refractivity contribution in [3.63, 3.8) is 0 Å². The number of amides is 2. The van der Waals surface area contributed by atoms with E-state index in [1.165, 1.54) is 18.2 Å². The van der Waals surface area contributed by atoms with Gasteiger partial charge in [-0.3, -0.25) is 9.59 Å². The Bertz CT molecular complexity index is 989. The lowest BCUT2D eigenvalue weighted by molar-refractivity contribution is -0.116. The fourth-order valence-corrected chi connectivity index (χ4v) is 4.42. The lowest BCUT2D eigenvalue weighted by Gasteiger charge is -2.16. The van der Waals surface area contributed by atoms with Crippen molar-refractivity contribution in [1.29, 1.82) is 0 Å². The fraction of sp³-hybridized carbons (Fsp3) is 0.222. The van der Waals surface area contributed by atoms with E-state index in [1.807, 2.05) is 12.1 Å². The molecule has 9 heteroatoms. The summed E-state index contributed by atoms with van der Waals surface area (Å²) in [6.07, 6.45) is -0.0654. The molecule has 1 aliphatic rings. The Morgan fingerprint density at radius 2 is 1.93 bits per heavy atom. The maximum atomic E-state index is 12.4. The van der Waals surface area contributed by atoms with Gasteiger partial charge in [-0.15, -0.1) is 0 Å². The lowest BCUT2D eigenvalue weighted by Crippen LogP contribution is -2.29. The van der Waals surface area contributed by atoms with Gasteiger partial charge in [0.15, 0.2) is 0 Å². The molecule has 0 aliphatic carbocycles. The third-order valence-electron chi connectivity index (χ3n) is 4.12. The number of nitrogens with one attached hydrogen (secondary N) is 1. The molecule has 1 saturated heterocycles. The first kappa shape index (κ1) is 19.2. The number of hydrogen-bond donors (Lipinski definition) is 1. The Morgan fingerprint density at radius 3 is 2.48 bits per heavy atom. The average Bonchev–Trinajstić information content (AvgIpc) is 2.92. The predicted octanol–water partition coefficient (Wildman–Crippen LogP) is 2.35. The maximum Gasteiger partial charge on any atom is 0.253 e. The van der Waals surface area contributed by atoms with Crippen LogP contribution < -0.4 is 14.4 Å². The summed E-state index contributed by atoms with van der Waals surface area (Å²) in [7, 11) is -2.10. The molecule has 2 amide bonds. The first-order valence-electron chi connectivity index (χ1n) is 8.08. The minimum atomic E-state index is -3.68. The van der Waals surface area contributed by atoms with Crippen LogP contribution in [-0.2, 0) is 21.4 Å². The monoisotopic (exact) mass is 408 g/mol. The van der Waals surface area contributed by atoms with Crippen molar-refractivity contribution in [1.82, 2.24) is 5.32 Å². The van der Waals surface area contributed by atoms with Gasteiger partial charge in [0.2, 0.25) is 15.9 Å². The summed E-state index contributed by atoms with van der Waals surface area (Å²) in [5.74, 6) is -0.427. The zero-order valence-corrected chi connectivity index (χ0v) is 16.0. The Hall–Kier alpha value is -2.58. The van der Waals surface area contributed by atoms with Gasteiger partial charge in [-0.2, -0.15) is 0 Å². The number of nitrogens with zero attached hydrogens (tertiary/aromatic N) is 1. The molecule has 1 heterocycles. The molecule has 3 rings (SSSR count). The molecule has 0 aromatic heterocycles. The number of methoxy groups -OCH3 is 1. The molecule has 1 aliphatic heterocycles. The molecule has 1 N–H and O–H groups in total. The van der Waals surface area contributed by atoms with Crippen LogP contribution in [0.5, 0.6) is 5.75 Å². The second-order valence-corrected chi connectivity index (χ2v) is 8.26. The lowest BCUT2D eigenvalue weighted by atomic mass is 10.1. The molecule has 2 aromatic carbocycles. The fourth-order valence-electron chi connectivity index (χ4n) is 2.70. The van der Waals surface area contributed by atoms with E-state index in [-0.39, 0.29) is 28.4 Å². The average molecular weight is 409 g/mol. The van der Waals surface area contributed by atoms with Gasteiger partial charge >= 0.3 is 0 Å². The molecule has 0 saturated carbocycles. The van der Waals surface area contributed by atoms with Crippen molar-refractivity contribution in [2.24, 2.45) is 0 Å². The van der Waals surface area contributed by atoms with Crippen molar-refractivity contribution in [3.05, 3.63) is 58.6 Å². The molecule has 0 radical (unpaired) electrons. The van der Waals surface area contributed by atoms with Crippen molar-refractivity contribution in [2.45, 2.75) is 13.0 Å². The number of hydrogen-bond acceptors (Lipinski definition) is 5. The maximum absolute atomic E-state index is 12.4. The highest BCUT2D eigenvalue weighted by molar-refractivity contribution is 7.94. The highest BCUT2D eigenvalue weighted by atomic mass is 35.5. The quantitative estimate of drug-likeness (QED) is 0.819. The molecule has 1 fully saturated rings. The van der Waals surface area contributed by atoms with E-state index in [0.29, 0.717) is 6.54 Å². The van der Waals surface area contributed by atoms with E-state index in [4.69, 9.17) is 16.3 Å². The molecule has 0 bridgehead atoms. The molecular formula is C18H17ClN2O5S. The number of benzene rings is 2. The first-order valence-corrected chi connectivity index (χ1v) is 10.1. The molecular weight excluding hydrogens is 392 g/mol. The second kappa shape index (κ2) is 7.58. The van der Waals surface area contributed by atoms with Gasteiger partial charge in [0, 0.05) is 13.0 Å². The van der Waals surface area contributed by atoms with Gasteiger partial charge in [-0.1, -0.05) is 23.7 Å². The smallest absolute Gasteiger partial charge is 0.253 e. The summed E-state index contributed by atoms with van der Waals surface area (Å²) in [5.41, 5.74) is 1.21. The van der Waals surface area contributed by atoms with E-state index < -0.39 is 21.8 Å². The standard InChI is InChI=1S/C18H17ClN2O5S/c1-26-14-5-2-12(3-6-14)11-20-18(23)15-7-4-13(10-16(15)19)21-17(22)8-9-27(21,24)25/h2-7,10H,8-9,11H2,1H3,(H,20,23). The van der Waals surface area contributed by atoms with Crippen LogP contribution in [0.3, 0.4) is 0 Å². The van der Waals surface area contributed by atoms with Crippen molar-refractivity contribution in [2.75, 3.05) is 17.2 Å². The number of halogens is 1. The van der Waals surface area contributed by atoms with Gasteiger partial charge in [0.1, 0.15) is 5.75 Å². The Morgan fingerprint density at radius 1 is 1.22 bits per heavy atom. The highest BCUT2D eigenvalue weighted by Gasteiger charge is 2.36. The minimum absolute atomic E-state index is 0.0645. The molecule has 0 unspecified atom stereocenters. The van der Waals surface area contributed by atoms with E-state index in [2.05, 4.69) is 5.32 Å². The number of rotatable bonds is 5. The van der Waals surface area contributed by atoms with E-state index in [1.54, 1.807) is 19.2 Å². The van der Waals surface area contributed by atoms with Crippen LogP contribution in [0.15, 0.2) is 42.5 Å². The number of carbonyl (C=O) groups excluding carboxylic acids is 2. The molecule has 142 valence electrons. The zero-order chi connectivity index (χ0) is 19.6. The van der Waals surface area contributed by atoms with E-state index >= 15 is 0 Å². The topological polar surface area (TPSA) is 92.8 Å². The van der Waals surface area contributed by atoms with Gasteiger partial charge in [0.25, 0.3) is 5.91 Å². The Labute approximate surface area is 161 Å². The minimum Gasteiger partial charge on any atom is -0.497 e. The summed E-state index contributed by atoms with van der Waals surface area (Å²) >= 11 is 6.15. The molecule has 27 heavy (non-hydrogen) atoms. The summed E-state index contributed by atoms with van der Waals surface area (Å²) in [6, 6.07) is 11.3. The van der Waals surface area contributed by atoms with Crippen LogP contribution in [0.1, 0.15) is 22.3 Å². The number of carbonyl (C=O) groups is 2. The Kier molecular flexibility index (Phi) is 5.38. The second-order valence-electron chi connectivity index (χ2n) is 5.92. The normalized spacial score (nSPS) is 15.6. The van der Waals surface area contributed by atoms with E-state index in [0.717, 1.165) is 15.6 Å². The third-order valence-corrected chi connectivity index (χ3v) is 6.13. The van der Waals surface area contributed by atoms with Crippen molar-refractivity contribution < 1.29 is 22.7 Å². The predicted molar refractivity (Wildman–Crippen MR) is 102 cm³/mol. The molecule has 7 nitrogen and oxygen atoms in total. The third kappa shape index (κ3) is 4.06. The SMILES string of the molecule is COc1ccc(CNC(=O)c2ccc(N3C(=O)CCS3(=O)=O)cc2Cl)cc1. The summed E-state index contributed by atoms with van der Waals surface area (Å²) in [5, 5.41) is 2.81. The number of ether oxygens (including phenoxy) is 1. The van der Waals surface area contributed by atoms with Gasteiger partial charge in [-0.05, 0) is 35.9 Å². The number of sulfonamides is 1. The van der Waals surface area contributed by atoms with Crippen molar-refractivity contribution >= 4 is 39.1 Å². The van der Waals surface area contributed by atoms with Crippen LogP contribution in [0.4, 0.5) is 5.69 Å². The van der Waals surface area contributed by atoms with Crippen molar-refractivity contribution in [3.8, 4) is 5.75 Å². The number of anilines is 1. The van der Waals surface area contributed by atoms with Crippen LogP contribution in [0, 0.1) is 0 Å². The summed E-state index contributed by atoms with van der Waals surface area (Å²) in [6.45, 7) is 0.292. The molecule has 0 spiro atoms. The van der Waals surface area contributed by atoms with Crippen LogP contribution >= 0.6 is 11.6 Å².